The second kappa shape index (κ2) is 4.91. The maximum Gasteiger partial charge on any atom is 0.157 e. The minimum atomic E-state index is 0.472. The first kappa shape index (κ1) is 11.7. The van der Waals surface area contributed by atoms with E-state index in [1.165, 1.54) is 0 Å². The van der Waals surface area contributed by atoms with E-state index in [2.05, 4.69) is 36.1 Å². The molecule has 3 heteroatoms. The third-order valence-corrected chi connectivity index (χ3v) is 2.19. The Labute approximate surface area is 91.1 Å². The van der Waals surface area contributed by atoms with Crippen LogP contribution in [0.2, 0.25) is 0 Å². The SMILES string of the molecule is CC.CC(C)c1ccc2cnn(C)c2n1. The van der Waals surface area contributed by atoms with Gasteiger partial charge in [0.1, 0.15) is 0 Å². The Hall–Kier alpha value is -1.38. The molecular weight excluding hydrogens is 186 g/mol. The average Bonchev–Trinajstić information content (AvgIpc) is 2.63. The van der Waals surface area contributed by atoms with Gasteiger partial charge in [-0.15, -0.1) is 0 Å². The molecular formula is C12H19N3. The van der Waals surface area contributed by atoms with E-state index in [9.17, 15) is 0 Å². The molecule has 0 aromatic carbocycles. The Bertz CT molecular complexity index is 429. The lowest BCUT2D eigenvalue weighted by molar-refractivity contribution is 0.771. The minimum absolute atomic E-state index is 0.472. The van der Waals surface area contributed by atoms with Crippen molar-refractivity contribution in [3.63, 3.8) is 0 Å². The lowest BCUT2D eigenvalue weighted by Crippen LogP contribution is -1.96. The molecule has 2 heterocycles. The zero-order valence-corrected chi connectivity index (χ0v) is 10.2. The highest BCUT2D eigenvalue weighted by Gasteiger charge is 2.04. The van der Waals surface area contributed by atoms with Gasteiger partial charge in [-0.1, -0.05) is 27.7 Å². The standard InChI is InChI=1S/C10H13N3.C2H6/c1-7(2)9-5-4-8-6-11-13(3)10(8)12-9;1-2/h4-7H,1-3H3;1-2H3. The van der Waals surface area contributed by atoms with Crippen molar-refractivity contribution >= 4 is 11.0 Å². The highest BCUT2D eigenvalue weighted by Crippen LogP contribution is 2.16. The summed E-state index contributed by atoms with van der Waals surface area (Å²) in [6.07, 6.45) is 1.84. The predicted molar refractivity (Wildman–Crippen MR) is 63.9 cm³/mol. The number of fused-ring (bicyclic) bond motifs is 1. The van der Waals surface area contributed by atoms with Crippen molar-refractivity contribution in [1.29, 1.82) is 0 Å². The van der Waals surface area contributed by atoms with Crippen LogP contribution in [0.4, 0.5) is 0 Å². The van der Waals surface area contributed by atoms with Crippen molar-refractivity contribution in [3.05, 3.63) is 24.0 Å². The van der Waals surface area contributed by atoms with Crippen molar-refractivity contribution in [1.82, 2.24) is 14.8 Å². The summed E-state index contributed by atoms with van der Waals surface area (Å²) in [4.78, 5) is 4.53. The van der Waals surface area contributed by atoms with Crippen LogP contribution in [0.15, 0.2) is 18.3 Å². The Morgan fingerprint density at radius 3 is 2.47 bits per heavy atom. The first-order valence-electron chi connectivity index (χ1n) is 5.47. The largest absolute Gasteiger partial charge is 0.250 e. The van der Waals surface area contributed by atoms with Gasteiger partial charge in [0, 0.05) is 18.1 Å². The van der Waals surface area contributed by atoms with Crippen molar-refractivity contribution in [2.75, 3.05) is 0 Å². The molecule has 0 N–H and O–H groups in total. The first-order valence-corrected chi connectivity index (χ1v) is 5.47. The van der Waals surface area contributed by atoms with Crippen molar-refractivity contribution in [3.8, 4) is 0 Å². The molecule has 0 aliphatic heterocycles. The topological polar surface area (TPSA) is 30.7 Å². The zero-order chi connectivity index (χ0) is 11.4. The Kier molecular flexibility index (Phi) is 3.83. The first-order chi connectivity index (χ1) is 7.18. The summed E-state index contributed by atoms with van der Waals surface area (Å²) in [5.74, 6) is 0.472. The molecule has 0 unspecified atom stereocenters. The number of hydrogen-bond donors (Lipinski definition) is 0. The normalized spacial score (nSPS) is 10.3. The molecule has 0 saturated heterocycles. The second-order valence-corrected chi connectivity index (χ2v) is 3.57. The molecule has 0 aliphatic carbocycles. The average molecular weight is 205 g/mol. The van der Waals surface area contributed by atoms with Gasteiger partial charge in [0.05, 0.1) is 6.20 Å². The predicted octanol–water partition coefficient (Wildman–Crippen LogP) is 3.12. The van der Waals surface area contributed by atoms with Gasteiger partial charge in [-0.3, -0.25) is 4.68 Å². The van der Waals surface area contributed by atoms with E-state index < -0.39 is 0 Å². The van der Waals surface area contributed by atoms with Crippen molar-refractivity contribution < 1.29 is 0 Å². The molecule has 0 atom stereocenters. The van der Waals surface area contributed by atoms with Gasteiger partial charge in [-0.2, -0.15) is 5.10 Å². The fourth-order valence-corrected chi connectivity index (χ4v) is 1.36. The van der Waals surface area contributed by atoms with E-state index in [4.69, 9.17) is 0 Å². The summed E-state index contributed by atoms with van der Waals surface area (Å²) in [6, 6.07) is 4.14. The minimum Gasteiger partial charge on any atom is -0.250 e. The summed E-state index contributed by atoms with van der Waals surface area (Å²) in [7, 11) is 1.92. The van der Waals surface area contributed by atoms with Crippen LogP contribution in [0.1, 0.15) is 39.3 Å². The van der Waals surface area contributed by atoms with Crippen molar-refractivity contribution in [2.24, 2.45) is 7.05 Å². The number of pyridine rings is 1. The Balaban J connectivity index is 0.000000531. The number of rotatable bonds is 1. The lowest BCUT2D eigenvalue weighted by atomic mass is 10.1. The third kappa shape index (κ3) is 2.35. The molecule has 0 spiro atoms. The van der Waals surface area contributed by atoms with Crippen LogP contribution in [-0.4, -0.2) is 14.8 Å². The Morgan fingerprint density at radius 2 is 1.87 bits per heavy atom. The van der Waals surface area contributed by atoms with Gasteiger partial charge in [0.2, 0.25) is 0 Å². The molecule has 82 valence electrons. The molecule has 0 aliphatic rings. The molecule has 0 bridgehead atoms. The smallest absolute Gasteiger partial charge is 0.157 e. The number of hydrogen-bond acceptors (Lipinski definition) is 2. The van der Waals surface area contributed by atoms with Crippen LogP contribution in [0.5, 0.6) is 0 Å². The van der Waals surface area contributed by atoms with E-state index in [0.717, 1.165) is 16.7 Å². The molecule has 2 aromatic rings. The molecule has 2 aromatic heterocycles. The molecule has 0 fully saturated rings. The van der Waals surface area contributed by atoms with Crippen LogP contribution in [0, 0.1) is 0 Å². The Morgan fingerprint density at radius 1 is 1.20 bits per heavy atom. The summed E-state index contributed by atoms with van der Waals surface area (Å²) < 4.78 is 1.81. The van der Waals surface area contributed by atoms with Crippen LogP contribution in [0.25, 0.3) is 11.0 Å². The van der Waals surface area contributed by atoms with Gasteiger partial charge in [-0.25, -0.2) is 4.98 Å². The third-order valence-electron chi connectivity index (χ3n) is 2.19. The van der Waals surface area contributed by atoms with E-state index in [-0.39, 0.29) is 0 Å². The van der Waals surface area contributed by atoms with Crippen LogP contribution in [0.3, 0.4) is 0 Å². The molecule has 0 amide bonds. The fourth-order valence-electron chi connectivity index (χ4n) is 1.36. The lowest BCUT2D eigenvalue weighted by Gasteiger charge is -2.03. The summed E-state index contributed by atoms with van der Waals surface area (Å²) in [6.45, 7) is 8.29. The highest BCUT2D eigenvalue weighted by atomic mass is 15.3. The van der Waals surface area contributed by atoms with Crippen molar-refractivity contribution in [2.45, 2.75) is 33.6 Å². The summed E-state index contributed by atoms with van der Waals surface area (Å²) >= 11 is 0. The molecule has 3 nitrogen and oxygen atoms in total. The highest BCUT2D eigenvalue weighted by molar-refractivity contribution is 5.74. The van der Waals surface area contributed by atoms with Gasteiger partial charge < -0.3 is 0 Å². The maximum atomic E-state index is 4.53. The second-order valence-electron chi connectivity index (χ2n) is 3.57. The zero-order valence-electron chi connectivity index (χ0n) is 10.2. The fraction of sp³-hybridized carbons (Fsp3) is 0.500. The van der Waals surface area contributed by atoms with Gasteiger partial charge >= 0.3 is 0 Å². The van der Waals surface area contributed by atoms with Gasteiger partial charge in [0.25, 0.3) is 0 Å². The molecule has 2 rings (SSSR count). The number of aromatic nitrogens is 3. The maximum absolute atomic E-state index is 4.53. The van der Waals surface area contributed by atoms with Crippen LogP contribution >= 0.6 is 0 Å². The summed E-state index contributed by atoms with van der Waals surface area (Å²) in [5, 5.41) is 5.25. The van der Waals surface area contributed by atoms with Gasteiger partial charge in [0.15, 0.2) is 5.65 Å². The molecule has 0 saturated carbocycles. The van der Waals surface area contributed by atoms with E-state index in [0.29, 0.717) is 5.92 Å². The van der Waals surface area contributed by atoms with E-state index in [1.807, 2.05) is 27.1 Å². The molecule has 0 radical (unpaired) electrons. The number of aryl methyl sites for hydroxylation is 1. The van der Waals surface area contributed by atoms with Crippen LogP contribution < -0.4 is 0 Å². The summed E-state index contributed by atoms with van der Waals surface area (Å²) in [5.41, 5.74) is 2.09. The van der Waals surface area contributed by atoms with Crippen LogP contribution in [-0.2, 0) is 7.05 Å². The van der Waals surface area contributed by atoms with Gasteiger partial charge in [-0.05, 0) is 18.1 Å². The monoisotopic (exact) mass is 205 g/mol. The molecule has 15 heavy (non-hydrogen) atoms. The van der Waals surface area contributed by atoms with E-state index >= 15 is 0 Å². The quantitative estimate of drug-likeness (QED) is 0.716. The number of nitrogens with zero attached hydrogens (tertiary/aromatic N) is 3. The van der Waals surface area contributed by atoms with E-state index in [1.54, 1.807) is 4.68 Å².